The van der Waals surface area contributed by atoms with Crippen LogP contribution in [-0.2, 0) is 7.05 Å². The minimum absolute atomic E-state index is 0.134. The van der Waals surface area contributed by atoms with E-state index >= 15 is 0 Å². The van der Waals surface area contributed by atoms with Crippen LogP contribution in [0.2, 0.25) is 0 Å². The Bertz CT molecular complexity index is 697. The van der Waals surface area contributed by atoms with Gasteiger partial charge >= 0.3 is 0 Å². The van der Waals surface area contributed by atoms with E-state index in [0.29, 0.717) is 28.6 Å². The fourth-order valence-electron chi connectivity index (χ4n) is 2.18. The molecule has 0 fully saturated rings. The number of anilines is 1. The molecule has 1 aliphatic rings. The summed E-state index contributed by atoms with van der Waals surface area (Å²) >= 11 is 0. The third-order valence-electron chi connectivity index (χ3n) is 3.27. The van der Waals surface area contributed by atoms with E-state index in [0.717, 1.165) is 0 Å². The second-order valence-corrected chi connectivity index (χ2v) is 4.79. The number of carbonyl (C=O) groups excluding carboxylic acids is 1. The lowest BCUT2D eigenvalue weighted by molar-refractivity contribution is 0.0938. The number of aryl methyl sites for hydroxylation is 1. The lowest BCUT2D eigenvalue weighted by atomic mass is 10.1. The van der Waals surface area contributed by atoms with Gasteiger partial charge in [-0.1, -0.05) is 0 Å². The zero-order chi connectivity index (χ0) is 15.0. The van der Waals surface area contributed by atoms with Gasteiger partial charge < -0.3 is 25.1 Å². The Kier molecular flexibility index (Phi) is 3.13. The predicted molar refractivity (Wildman–Crippen MR) is 73.9 cm³/mol. The minimum Gasteiger partial charge on any atom is -0.454 e. The standard InChI is InChI=1S/C13H15N5O3/c1-7(12-17-15-5-18(12)2)16-13(19)8-3-10-11(4-9(8)14)21-6-20-10/h3-5,7H,6,14H2,1-2H3,(H,16,19). The highest BCUT2D eigenvalue weighted by Crippen LogP contribution is 2.36. The molecular weight excluding hydrogens is 274 g/mol. The highest BCUT2D eigenvalue weighted by molar-refractivity contribution is 6.00. The molecule has 1 atom stereocenters. The Morgan fingerprint density at radius 2 is 2.14 bits per heavy atom. The third-order valence-corrected chi connectivity index (χ3v) is 3.27. The fraction of sp³-hybridized carbons (Fsp3) is 0.308. The SMILES string of the molecule is CC(NC(=O)c1cc2c(cc1N)OCO2)c1nncn1C. The highest BCUT2D eigenvalue weighted by Gasteiger charge is 2.21. The molecule has 0 bridgehead atoms. The average molecular weight is 289 g/mol. The van der Waals surface area contributed by atoms with Crippen molar-refractivity contribution in [3.8, 4) is 11.5 Å². The van der Waals surface area contributed by atoms with Gasteiger partial charge in [0.25, 0.3) is 5.91 Å². The lowest BCUT2D eigenvalue weighted by Gasteiger charge is -2.14. The number of aromatic nitrogens is 3. The quantitative estimate of drug-likeness (QED) is 0.802. The van der Waals surface area contributed by atoms with Crippen molar-refractivity contribution in [1.82, 2.24) is 20.1 Å². The van der Waals surface area contributed by atoms with E-state index in [-0.39, 0.29) is 18.7 Å². The monoisotopic (exact) mass is 289 g/mol. The molecule has 2 heterocycles. The molecule has 3 N–H and O–H groups in total. The van der Waals surface area contributed by atoms with E-state index < -0.39 is 0 Å². The molecule has 21 heavy (non-hydrogen) atoms. The van der Waals surface area contributed by atoms with Crippen LogP contribution in [0.25, 0.3) is 0 Å². The van der Waals surface area contributed by atoms with Gasteiger partial charge in [0.15, 0.2) is 17.3 Å². The molecule has 1 unspecified atom stereocenters. The summed E-state index contributed by atoms with van der Waals surface area (Å²) in [5, 5.41) is 10.6. The first-order valence-corrected chi connectivity index (χ1v) is 6.40. The topological polar surface area (TPSA) is 104 Å². The van der Waals surface area contributed by atoms with Crippen LogP contribution in [0.1, 0.15) is 29.1 Å². The highest BCUT2D eigenvalue weighted by atomic mass is 16.7. The fourth-order valence-corrected chi connectivity index (χ4v) is 2.18. The van der Waals surface area contributed by atoms with Gasteiger partial charge in [-0.25, -0.2) is 0 Å². The number of nitrogens with one attached hydrogen (secondary N) is 1. The summed E-state index contributed by atoms with van der Waals surface area (Å²) in [7, 11) is 1.81. The first-order chi connectivity index (χ1) is 10.1. The lowest BCUT2D eigenvalue weighted by Crippen LogP contribution is -2.29. The van der Waals surface area contributed by atoms with E-state index in [1.54, 1.807) is 23.0 Å². The first-order valence-electron chi connectivity index (χ1n) is 6.40. The Balaban J connectivity index is 1.81. The molecule has 1 aromatic heterocycles. The zero-order valence-corrected chi connectivity index (χ0v) is 11.7. The van der Waals surface area contributed by atoms with Crippen LogP contribution >= 0.6 is 0 Å². The van der Waals surface area contributed by atoms with Crippen molar-refractivity contribution in [3.05, 3.63) is 29.8 Å². The van der Waals surface area contributed by atoms with Crippen LogP contribution in [0.5, 0.6) is 11.5 Å². The molecule has 1 aliphatic heterocycles. The molecule has 0 aliphatic carbocycles. The minimum atomic E-state index is -0.304. The number of hydrogen-bond donors (Lipinski definition) is 2. The van der Waals surface area contributed by atoms with Crippen LogP contribution in [0.4, 0.5) is 5.69 Å². The number of nitrogen functional groups attached to an aromatic ring is 1. The van der Waals surface area contributed by atoms with Crippen LogP contribution in [0, 0.1) is 0 Å². The summed E-state index contributed by atoms with van der Waals surface area (Å²) in [5.74, 6) is 1.41. The average Bonchev–Trinajstić information content (AvgIpc) is 3.05. The van der Waals surface area contributed by atoms with Crippen molar-refractivity contribution in [2.24, 2.45) is 7.05 Å². The van der Waals surface area contributed by atoms with E-state index in [1.807, 2.05) is 14.0 Å². The number of fused-ring (bicyclic) bond motifs is 1. The van der Waals surface area contributed by atoms with Crippen LogP contribution < -0.4 is 20.5 Å². The van der Waals surface area contributed by atoms with Crippen LogP contribution in [-0.4, -0.2) is 27.5 Å². The van der Waals surface area contributed by atoms with Crippen molar-refractivity contribution < 1.29 is 14.3 Å². The number of carbonyl (C=O) groups is 1. The van der Waals surface area contributed by atoms with Gasteiger partial charge in [-0.15, -0.1) is 10.2 Å². The number of hydrogen-bond acceptors (Lipinski definition) is 6. The molecule has 8 heteroatoms. The molecule has 2 aromatic rings. The van der Waals surface area contributed by atoms with Gasteiger partial charge in [0.2, 0.25) is 6.79 Å². The van der Waals surface area contributed by atoms with E-state index in [9.17, 15) is 4.79 Å². The zero-order valence-electron chi connectivity index (χ0n) is 11.7. The summed E-state index contributed by atoms with van der Waals surface area (Å²) in [6.07, 6.45) is 1.58. The van der Waals surface area contributed by atoms with Crippen molar-refractivity contribution >= 4 is 11.6 Å². The number of nitrogens with two attached hydrogens (primary N) is 1. The second kappa shape index (κ2) is 4.97. The van der Waals surface area contributed by atoms with Gasteiger partial charge in [-0.05, 0) is 13.0 Å². The largest absolute Gasteiger partial charge is 0.454 e. The number of amides is 1. The summed E-state index contributed by atoms with van der Waals surface area (Å²) < 4.78 is 12.2. The molecule has 0 saturated carbocycles. The van der Waals surface area contributed by atoms with Crippen LogP contribution in [0.3, 0.4) is 0 Å². The van der Waals surface area contributed by atoms with Gasteiger partial charge in [-0.2, -0.15) is 0 Å². The molecule has 0 saturated heterocycles. The molecule has 8 nitrogen and oxygen atoms in total. The second-order valence-electron chi connectivity index (χ2n) is 4.79. The van der Waals surface area contributed by atoms with E-state index in [4.69, 9.17) is 15.2 Å². The van der Waals surface area contributed by atoms with E-state index in [1.165, 1.54) is 0 Å². The number of nitrogens with zero attached hydrogens (tertiary/aromatic N) is 3. The van der Waals surface area contributed by atoms with Crippen molar-refractivity contribution in [2.45, 2.75) is 13.0 Å². The number of rotatable bonds is 3. The molecule has 0 spiro atoms. The maximum atomic E-state index is 12.3. The Morgan fingerprint density at radius 3 is 2.81 bits per heavy atom. The van der Waals surface area contributed by atoms with Gasteiger partial charge in [0.05, 0.1) is 11.6 Å². The smallest absolute Gasteiger partial charge is 0.254 e. The summed E-state index contributed by atoms with van der Waals surface area (Å²) in [4.78, 5) is 12.3. The van der Waals surface area contributed by atoms with Gasteiger partial charge in [0.1, 0.15) is 6.33 Å². The molecule has 1 amide bonds. The normalized spacial score (nSPS) is 14.0. The first kappa shape index (κ1) is 13.2. The summed E-state index contributed by atoms with van der Waals surface area (Å²) in [5.41, 5.74) is 6.57. The third kappa shape index (κ3) is 2.35. The summed E-state index contributed by atoms with van der Waals surface area (Å²) in [6.45, 7) is 1.96. The number of ether oxygens (including phenoxy) is 2. The molecule has 1 aromatic carbocycles. The van der Waals surface area contributed by atoms with E-state index in [2.05, 4.69) is 15.5 Å². The Morgan fingerprint density at radius 1 is 1.43 bits per heavy atom. The number of benzene rings is 1. The molecule has 0 radical (unpaired) electrons. The maximum absolute atomic E-state index is 12.3. The van der Waals surface area contributed by atoms with Crippen molar-refractivity contribution in [2.75, 3.05) is 12.5 Å². The van der Waals surface area contributed by atoms with Gasteiger partial charge in [0, 0.05) is 18.8 Å². The van der Waals surface area contributed by atoms with Crippen molar-refractivity contribution in [1.29, 1.82) is 0 Å². The predicted octanol–water partition coefficient (Wildman–Crippen LogP) is 0.617. The Hall–Kier alpha value is -2.77. The van der Waals surface area contributed by atoms with Gasteiger partial charge in [-0.3, -0.25) is 4.79 Å². The maximum Gasteiger partial charge on any atom is 0.254 e. The molecule has 110 valence electrons. The summed E-state index contributed by atoms with van der Waals surface area (Å²) in [6, 6.07) is 2.87. The molecule has 3 rings (SSSR count). The molecular formula is C13H15N5O3. The van der Waals surface area contributed by atoms with Crippen molar-refractivity contribution in [3.63, 3.8) is 0 Å². The Labute approximate surface area is 120 Å². The van der Waals surface area contributed by atoms with Crippen LogP contribution in [0.15, 0.2) is 18.5 Å².